The number of rotatable bonds is 6. The number of aromatic nitrogens is 4. The standard InChI is InChI=1S/C19H17FN6O/c20-15-8-5-13(6-9-15)12-27-18-10-7-14-3-1-2-4-16(14)17(18)11-22-26-19(21)23-24-25-26/h1-10,22H,11-12H2,(H2,21,23,25). The molecule has 3 N–H and O–H groups in total. The van der Waals surface area contributed by atoms with E-state index in [0.29, 0.717) is 13.2 Å². The summed E-state index contributed by atoms with van der Waals surface area (Å²) in [7, 11) is 0. The maximum absolute atomic E-state index is 13.1. The van der Waals surface area contributed by atoms with Crippen molar-refractivity contribution in [2.45, 2.75) is 13.2 Å². The van der Waals surface area contributed by atoms with Crippen LogP contribution in [0, 0.1) is 5.82 Å². The second-order valence-electron chi connectivity index (χ2n) is 5.96. The largest absolute Gasteiger partial charge is 0.489 e. The summed E-state index contributed by atoms with van der Waals surface area (Å²) >= 11 is 0. The van der Waals surface area contributed by atoms with Gasteiger partial charge in [0.25, 0.3) is 5.95 Å². The fraction of sp³-hybridized carbons (Fsp3) is 0.105. The summed E-state index contributed by atoms with van der Waals surface area (Å²) in [5.41, 5.74) is 10.6. The van der Waals surface area contributed by atoms with Gasteiger partial charge in [0.2, 0.25) is 0 Å². The Balaban J connectivity index is 1.62. The van der Waals surface area contributed by atoms with Crippen molar-refractivity contribution < 1.29 is 9.13 Å². The normalized spacial score (nSPS) is 10.9. The molecule has 1 heterocycles. The smallest absolute Gasteiger partial charge is 0.260 e. The van der Waals surface area contributed by atoms with E-state index in [2.05, 4.69) is 21.0 Å². The summed E-state index contributed by atoms with van der Waals surface area (Å²) in [6.45, 7) is 0.744. The zero-order valence-corrected chi connectivity index (χ0v) is 14.3. The Kier molecular flexibility index (Phi) is 4.52. The van der Waals surface area contributed by atoms with Crippen LogP contribution < -0.4 is 15.9 Å². The Labute approximate surface area is 154 Å². The molecule has 4 aromatic rings. The van der Waals surface area contributed by atoms with Crippen LogP contribution in [0.1, 0.15) is 11.1 Å². The zero-order valence-electron chi connectivity index (χ0n) is 14.3. The molecule has 7 nitrogen and oxygen atoms in total. The number of nitrogen functional groups attached to an aromatic ring is 1. The third-order valence-corrected chi connectivity index (χ3v) is 4.20. The van der Waals surface area contributed by atoms with E-state index in [0.717, 1.165) is 27.6 Å². The molecule has 1 aromatic heterocycles. The van der Waals surface area contributed by atoms with Gasteiger partial charge in [0.05, 0.1) is 6.54 Å². The second kappa shape index (κ2) is 7.28. The lowest BCUT2D eigenvalue weighted by atomic mass is 10.0. The Bertz CT molecular complexity index is 1060. The molecule has 0 aliphatic carbocycles. The number of nitrogens with zero attached hydrogens (tertiary/aromatic N) is 4. The second-order valence-corrected chi connectivity index (χ2v) is 5.96. The van der Waals surface area contributed by atoms with Gasteiger partial charge in [0.15, 0.2) is 0 Å². The van der Waals surface area contributed by atoms with Gasteiger partial charge in [-0.3, -0.25) is 0 Å². The molecule has 0 saturated heterocycles. The summed E-state index contributed by atoms with van der Waals surface area (Å²) in [5.74, 6) is 0.620. The third-order valence-electron chi connectivity index (χ3n) is 4.20. The molecular formula is C19H17FN6O. The van der Waals surface area contributed by atoms with Gasteiger partial charge in [-0.2, -0.15) is 0 Å². The van der Waals surface area contributed by atoms with Crippen molar-refractivity contribution in [1.82, 2.24) is 20.3 Å². The summed E-state index contributed by atoms with van der Waals surface area (Å²) in [4.78, 5) is 1.31. The molecule has 27 heavy (non-hydrogen) atoms. The maximum Gasteiger partial charge on any atom is 0.260 e. The summed E-state index contributed by atoms with van der Waals surface area (Å²) in [6, 6.07) is 18.2. The van der Waals surface area contributed by atoms with Crippen LogP contribution in [0.5, 0.6) is 5.75 Å². The Morgan fingerprint density at radius 2 is 1.85 bits per heavy atom. The number of tetrazole rings is 1. The highest BCUT2D eigenvalue weighted by Gasteiger charge is 2.11. The minimum absolute atomic E-state index is 0.170. The number of hydrogen-bond acceptors (Lipinski definition) is 6. The van der Waals surface area contributed by atoms with Gasteiger partial charge >= 0.3 is 0 Å². The zero-order chi connectivity index (χ0) is 18.6. The molecule has 136 valence electrons. The van der Waals surface area contributed by atoms with E-state index in [4.69, 9.17) is 10.5 Å². The first kappa shape index (κ1) is 16.8. The minimum atomic E-state index is -0.270. The molecule has 8 heteroatoms. The van der Waals surface area contributed by atoms with E-state index in [1.165, 1.54) is 16.9 Å². The van der Waals surface area contributed by atoms with Gasteiger partial charge in [-0.1, -0.05) is 47.6 Å². The highest BCUT2D eigenvalue weighted by atomic mass is 19.1. The van der Waals surface area contributed by atoms with Crippen LogP contribution in [0.15, 0.2) is 60.7 Å². The van der Waals surface area contributed by atoms with Crippen LogP contribution in [0.4, 0.5) is 10.3 Å². The number of halogens is 1. The van der Waals surface area contributed by atoms with Crippen molar-refractivity contribution in [3.8, 4) is 5.75 Å². The molecule has 0 bridgehead atoms. The van der Waals surface area contributed by atoms with E-state index in [1.807, 2.05) is 36.4 Å². The van der Waals surface area contributed by atoms with Crippen LogP contribution in [-0.4, -0.2) is 20.3 Å². The van der Waals surface area contributed by atoms with E-state index in [9.17, 15) is 4.39 Å². The number of anilines is 1. The highest BCUT2D eigenvalue weighted by molar-refractivity contribution is 5.87. The van der Waals surface area contributed by atoms with Crippen molar-refractivity contribution in [2.75, 3.05) is 11.2 Å². The van der Waals surface area contributed by atoms with Crippen LogP contribution in [0.3, 0.4) is 0 Å². The van der Waals surface area contributed by atoms with Crippen LogP contribution in [-0.2, 0) is 13.2 Å². The first-order valence-electron chi connectivity index (χ1n) is 8.36. The number of fused-ring (bicyclic) bond motifs is 1. The number of hydrogen-bond donors (Lipinski definition) is 2. The fourth-order valence-corrected chi connectivity index (χ4v) is 2.84. The molecule has 0 unspecified atom stereocenters. The van der Waals surface area contributed by atoms with Crippen LogP contribution in [0.25, 0.3) is 10.8 Å². The van der Waals surface area contributed by atoms with E-state index >= 15 is 0 Å². The average Bonchev–Trinajstić information content (AvgIpc) is 3.11. The van der Waals surface area contributed by atoms with Crippen molar-refractivity contribution in [3.05, 3.63) is 77.6 Å². The van der Waals surface area contributed by atoms with Gasteiger partial charge in [0.1, 0.15) is 18.2 Å². The van der Waals surface area contributed by atoms with Crippen molar-refractivity contribution >= 4 is 16.7 Å². The molecule has 0 aliphatic heterocycles. The molecule has 0 amide bonds. The molecule has 0 fully saturated rings. The molecular weight excluding hydrogens is 347 g/mol. The van der Waals surface area contributed by atoms with Crippen LogP contribution >= 0.6 is 0 Å². The molecule has 3 aromatic carbocycles. The first-order chi connectivity index (χ1) is 13.2. The average molecular weight is 364 g/mol. The molecule has 0 spiro atoms. The molecule has 4 rings (SSSR count). The van der Waals surface area contributed by atoms with Crippen molar-refractivity contribution in [1.29, 1.82) is 0 Å². The lowest BCUT2D eigenvalue weighted by molar-refractivity contribution is 0.303. The van der Waals surface area contributed by atoms with Gasteiger partial charge in [-0.05, 0) is 45.0 Å². The molecule has 0 atom stereocenters. The third kappa shape index (κ3) is 3.64. The quantitative estimate of drug-likeness (QED) is 0.547. The van der Waals surface area contributed by atoms with Gasteiger partial charge in [-0.25, -0.2) is 4.39 Å². The predicted octanol–water partition coefficient (Wildman–Crippen LogP) is 2.87. The predicted molar refractivity (Wildman–Crippen MR) is 100.0 cm³/mol. The monoisotopic (exact) mass is 364 g/mol. The van der Waals surface area contributed by atoms with E-state index in [-0.39, 0.29) is 11.8 Å². The molecule has 0 radical (unpaired) electrons. The van der Waals surface area contributed by atoms with Gasteiger partial charge in [0, 0.05) is 5.56 Å². The number of ether oxygens (including phenoxy) is 1. The van der Waals surface area contributed by atoms with Gasteiger partial charge in [-0.15, -0.1) is 4.79 Å². The lowest BCUT2D eigenvalue weighted by Gasteiger charge is -2.15. The Hall–Kier alpha value is -3.68. The van der Waals surface area contributed by atoms with Gasteiger partial charge < -0.3 is 15.9 Å². The highest BCUT2D eigenvalue weighted by Crippen LogP contribution is 2.29. The maximum atomic E-state index is 13.1. The minimum Gasteiger partial charge on any atom is -0.489 e. The summed E-state index contributed by atoms with van der Waals surface area (Å²) in [5, 5.41) is 13.1. The fourth-order valence-electron chi connectivity index (χ4n) is 2.84. The van der Waals surface area contributed by atoms with Crippen molar-refractivity contribution in [2.24, 2.45) is 0 Å². The first-order valence-corrected chi connectivity index (χ1v) is 8.36. The lowest BCUT2D eigenvalue weighted by Crippen LogP contribution is -2.19. The Morgan fingerprint density at radius 3 is 2.63 bits per heavy atom. The molecule has 0 aliphatic rings. The molecule has 0 saturated carbocycles. The topological polar surface area (TPSA) is 90.9 Å². The SMILES string of the molecule is Nc1nnnn1NCc1c(OCc2ccc(F)cc2)ccc2ccccc12. The summed E-state index contributed by atoms with van der Waals surface area (Å²) < 4.78 is 19.1. The Morgan fingerprint density at radius 1 is 1.04 bits per heavy atom. The van der Waals surface area contributed by atoms with E-state index in [1.54, 1.807) is 12.1 Å². The van der Waals surface area contributed by atoms with E-state index < -0.39 is 0 Å². The number of benzene rings is 3. The van der Waals surface area contributed by atoms with Crippen molar-refractivity contribution in [3.63, 3.8) is 0 Å². The summed E-state index contributed by atoms with van der Waals surface area (Å²) in [6.07, 6.45) is 0. The number of nitrogens with two attached hydrogens (primary N) is 1. The van der Waals surface area contributed by atoms with Crippen LogP contribution in [0.2, 0.25) is 0 Å². The number of nitrogens with one attached hydrogen (secondary N) is 1.